The highest BCUT2D eigenvalue weighted by atomic mass is 35.5. The van der Waals surface area contributed by atoms with Crippen LogP contribution in [0.5, 0.6) is 0 Å². The summed E-state index contributed by atoms with van der Waals surface area (Å²) in [6, 6.07) is 11.0. The number of pyridine rings is 1. The summed E-state index contributed by atoms with van der Waals surface area (Å²) in [5, 5.41) is 3.87. The summed E-state index contributed by atoms with van der Waals surface area (Å²) in [6.07, 6.45) is 4.55. The molecule has 1 fully saturated rings. The maximum Gasteiger partial charge on any atom is 0.291 e. The van der Waals surface area contributed by atoms with Crippen molar-refractivity contribution in [3.05, 3.63) is 81.0 Å². The number of sulfonamides is 1. The van der Waals surface area contributed by atoms with E-state index in [1.54, 1.807) is 12.3 Å². The number of rotatable bonds is 6. The fraction of sp³-hybridized carbons (Fsp3) is 0.250. The van der Waals surface area contributed by atoms with Crippen molar-refractivity contribution in [2.45, 2.75) is 36.7 Å². The smallest absolute Gasteiger partial charge is 0.266 e. The number of hydrogen-bond donors (Lipinski definition) is 0. The van der Waals surface area contributed by atoms with Crippen molar-refractivity contribution in [1.29, 1.82) is 0 Å². The number of hydrogen-bond acceptors (Lipinski definition) is 5. The third-order valence-corrected chi connectivity index (χ3v) is 7.72. The second kappa shape index (κ2) is 8.11. The van der Waals surface area contributed by atoms with Gasteiger partial charge in [0.05, 0.1) is 33.5 Å². The minimum absolute atomic E-state index is 0.0500. The van der Waals surface area contributed by atoms with Crippen LogP contribution in [0.1, 0.15) is 31.5 Å². The molecule has 0 spiro atoms. The molecule has 3 aromatic rings. The van der Waals surface area contributed by atoms with E-state index in [1.165, 1.54) is 34.8 Å². The molecule has 10 heteroatoms. The van der Waals surface area contributed by atoms with Gasteiger partial charge in [-0.3, -0.25) is 9.78 Å². The first-order chi connectivity index (χ1) is 14.3. The summed E-state index contributed by atoms with van der Waals surface area (Å²) in [4.78, 5) is 16.7. The van der Waals surface area contributed by atoms with Crippen molar-refractivity contribution in [1.82, 2.24) is 19.1 Å². The van der Waals surface area contributed by atoms with E-state index in [-0.39, 0.29) is 21.0 Å². The van der Waals surface area contributed by atoms with E-state index in [1.807, 2.05) is 19.1 Å². The average molecular weight is 465 g/mol. The molecule has 0 aliphatic heterocycles. The van der Waals surface area contributed by atoms with E-state index < -0.39 is 21.6 Å². The van der Waals surface area contributed by atoms with E-state index in [0.717, 1.165) is 17.5 Å². The number of benzene rings is 1. The Hall–Kier alpha value is -2.26. The Morgan fingerprint density at radius 3 is 2.43 bits per heavy atom. The summed E-state index contributed by atoms with van der Waals surface area (Å²) in [7, 11) is -3.77. The monoisotopic (exact) mass is 464 g/mol. The predicted octanol–water partition coefficient (Wildman–Crippen LogP) is 3.85. The predicted molar refractivity (Wildman–Crippen MR) is 115 cm³/mol. The quantitative estimate of drug-likeness (QED) is 0.552. The first-order valence-corrected chi connectivity index (χ1v) is 11.5. The minimum atomic E-state index is -3.77. The SMILES string of the molecule is CC(c1ccccn1)N(C1CC1)S(=O)(=O)c1ccc(-n2ncc(Cl)c(Cl)c2=O)cc1. The summed E-state index contributed by atoms with van der Waals surface area (Å²) < 4.78 is 29.4. The van der Waals surface area contributed by atoms with Crippen LogP contribution in [-0.2, 0) is 10.0 Å². The molecule has 2 aromatic heterocycles. The molecular weight excluding hydrogens is 447 g/mol. The molecule has 1 aliphatic rings. The average Bonchev–Trinajstić information content (AvgIpc) is 3.58. The highest BCUT2D eigenvalue weighted by molar-refractivity contribution is 7.89. The molecule has 1 aromatic carbocycles. The molecule has 30 heavy (non-hydrogen) atoms. The molecule has 2 heterocycles. The van der Waals surface area contributed by atoms with E-state index >= 15 is 0 Å². The van der Waals surface area contributed by atoms with Crippen LogP contribution in [0.4, 0.5) is 0 Å². The molecule has 0 radical (unpaired) electrons. The lowest BCUT2D eigenvalue weighted by Crippen LogP contribution is -2.36. The highest BCUT2D eigenvalue weighted by Gasteiger charge is 2.42. The standard InChI is InChI=1S/C20H18Cl2N4O3S/c1-13(18-4-2-3-11-23-18)26(15-5-6-15)30(28,29)16-9-7-14(8-10-16)25-20(27)19(22)17(21)12-24-25/h2-4,7-13,15H,5-6H2,1H3. The number of nitrogens with zero attached hydrogens (tertiary/aromatic N) is 4. The van der Waals surface area contributed by atoms with Gasteiger partial charge in [-0.15, -0.1) is 0 Å². The Morgan fingerprint density at radius 1 is 1.13 bits per heavy atom. The van der Waals surface area contributed by atoms with Crippen LogP contribution in [0.2, 0.25) is 10.0 Å². The van der Waals surface area contributed by atoms with Gasteiger partial charge in [-0.2, -0.15) is 14.1 Å². The lowest BCUT2D eigenvalue weighted by molar-refractivity contribution is 0.329. The largest absolute Gasteiger partial charge is 0.291 e. The molecule has 1 aliphatic carbocycles. The lowest BCUT2D eigenvalue weighted by atomic mass is 10.2. The zero-order chi connectivity index (χ0) is 21.5. The Bertz CT molecular complexity index is 1230. The van der Waals surface area contributed by atoms with Crippen LogP contribution in [-0.4, -0.2) is 33.5 Å². The van der Waals surface area contributed by atoms with E-state index in [4.69, 9.17) is 23.2 Å². The van der Waals surface area contributed by atoms with E-state index in [2.05, 4.69) is 10.1 Å². The van der Waals surface area contributed by atoms with Crippen LogP contribution in [0.25, 0.3) is 5.69 Å². The van der Waals surface area contributed by atoms with Gasteiger partial charge in [0, 0.05) is 12.2 Å². The molecule has 0 amide bonds. The zero-order valence-electron chi connectivity index (χ0n) is 15.9. The Kier molecular flexibility index (Phi) is 5.67. The van der Waals surface area contributed by atoms with Gasteiger partial charge in [-0.05, 0) is 56.2 Å². The second-order valence-electron chi connectivity index (χ2n) is 7.01. The minimum Gasteiger partial charge on any atom is -0.266 e. The fourth-order valence-corrected chi connectivity index (χ4v) is 5.39. The molecule has 156 valence electrons. The third-order valence-electron chi connectivity index (χ3n) is 4.94. The van der Waals surface area contributed by atoms with Gasteiger partial charge >= 0.3 is 0 Å². The summed E-state index contributed by atoms with van der Waals surface area (Å²) >= 11 is 11.7. The number of halogens is 2. The molecule has 7 nitrogen and oxygen atoms in total. The Labute approximate surface area is 183 Å². The van der Waals surface area contributed by atoms with Crippen molar-refractivity contribution in [2.75, 3.05) is 0 Å². The zero-order valence-corrected chi connectivity index (χ0v) is 18.3. The van der Waals surface area contributed by atoms with Crippen LogP contribution < -0.4 is 5.56 Å². The molecule has 0 N–H and O–H groups in total. The maximum atomic E-state index is 13.4. The second-order valence-corrected chi connectivity index (χ2v) is 9.64. The normalized spacial score (nSPS) is 15.3. The van der Waals surface area contributed by atoms with Crippen molar-refractivity contribution >= 4 is 33.2 Å². The first-order valence-electron chi connectivity index (χ1n) is 9.29. The van der Waals surface area contributed by atoms with E-state index in [0.29, 0.717) is 11.4 Å². The van der Waals surface area contributed by atoms with Gasteiger partial charge < -0.3 is 0 Å². The van der Waals surface area contributed by atoms with Crippen LogP contribution in [0.3, 0.4) is 0 Å². The summed E-state index contributed by atoms with van der Waals surface area (Å²) in [5.74, 6) is 0. The van der Waals surface area contributed by atoms with Crippen LogP contribution >= 0.6 is 23.2 Å². The fourth-order valence-electron chi connectivity index (χ4n) is 3.28. The molecule has 1 atom stereocenters. The molecule has 0 bridgehead atoms. The summed E-state index contributed by atoms with van der Waals surface area (Å²) in [5.41, 5.74) is 0.493. The lowest BCUT2D eigenvalue weighted by Gasteiger charge is -2.28. The Morgan fingerprint density at radius 2 is 1.83 bits per heavy atom. The van der Waals surface area contributed by atoms with Crippen LogP contribution in [0, 0.1) is 0 Å². The summed E-state index contributed by atoms with van der Waals surface area (Å²) in [6.45, 7) is 1.84. The van der Waals surface area contributed by atoms with Gasteiger partial charge in [-0.1, -0.05) is 29.3 Å². The van der Waals surface area contributed by atoms with Gasteiger partial charge in [0.25, 0.3) is 5.56 Å². The van der Waals surface area contributed by atoms with Crippen molar-refractivity contribution in [3.63, 3.8) is 0 Å². The molecular formula is C20H18Cl2N4O3S. The highest BCUT2D eigenvalue weighted by Crippen LogP contribution is 2.38. The van der Waals surface area contributed by atoms with Gasteiger partial charge in [0.2, 0.25) is 10.0 Å². The molecule has 1 saturated carbocycles. The van der Waals surface area contributed by atoms with Gasteiger partial charge in [0.1, 0.15) is 5.02 Å². The van der Waals surface area contributed by atoms with Crippen molar-refractivity contribution in [3.8, 4) is 5.69 Å². The first kappa shape index (κ1) is 21.0. The van der Waals surface area contributed by atoms with Gasteiger partial charge in [-0.25, -0.2) is 8.42 Å². The van der Waals surface area contributed by atoms with Crippen LogP contribution in [0.15, 0.2) is 64.5 Å². The van der Waals surface area contributed by atoms with Crippen molar-refractivity contribution < 1.29 is 8.42 Å². The van der Waals surface area contributed by atoms with E-state index in [9.17, 15) is 13.2 Å². The van der Waals surface area contributed by atoms with Crippen molar-refractivity contribution in [2.24, 2.45) is 0 Å². The maximum absolute atomic E-state index is 13.4. The molecule has 0 saturated heterocycles. The third kappa shape index (κ3) is 3.88. The molecule has 1 unspecified atom stereocenters. The Balaban J connectivity index is 1.69. The topological polar surface area (TPSA) is 85.2 Å². The van der Waals surface area contributed by atoms with Gasteiger partial charge in [0.15, 0.2) is 0 Å². The molecule has 4 rings (SSSR count). The number of aromatic nitrogens is 3.